The summed E-state index contributed by atoms with van der Waals surface area (Å²) < 4.78 is 12.3. The predicted molar refractivity (Wildman–Crippen MR) is 330 cm³/mol. The Kier molecular flexibility index (Phi) is 65.1. The average molecular weight is 1190 g/mol. The molecule has 80 heavy (non-hydrogen) atoms. The van der Waals surface area contributed by atoms with Crippen LogP contribution in [0.4, 0.5) is 29.2 Å². The van der Waals surface area contributed by atoms with Gasteiger partial charge in [-0.25, -0.2) is 15.0 Å². The number of amides is 3. The molecule has 3 aromatic heterocycles. The SMILES string of the molecule is C.C.C.C.C.CC(=O)Nc1nc2ccccc2[nH]1.CC(=O)Nc1nc2ccccc2[nH]1.CC(=O)O.CCN.CCNC(C)=O.COC(C)=O.COC(C)=O.COC(C)=O.N#CBr.Nc1ccccc1N.Nc1nc2ccccc2[nH]1. The molecule has 0 saturated carbocycles. The number of hydrogen-bond donors (Lipinski definition) is 11. The second-order valence-electron chi connectivity index (χ2n) is 13.5. The maximum absolute atomic E-state index is 10.7. The topological polar surface area (TPSA) is 417 Å². The van der Waals surface area contributed by atoms with Gasteiger partial charge in [-0.3, -0.25) is 44.2 Å². The molecule has 7 aromatic rings. The Hall–Kier alpha value is -9.09. The molecule has 0 saturated heterocycles. The summed E-state index contributed by atoms with van der Waals surface area (Å²) in [5.41, 5.74) is 27.8. The van der Waals surface area contributed by atoms with Crippen LogP contribution in [-0.2, 0) is 47.8 Å². The first-order valence-electron chi connectivity index (χ1n) is 21.8. The normalized spacial score (nSPS) is 8.01. The van der Waals surface area contributed by atoms with Gasteiger partial charge in [0.1, 0.15) is 4.98 Å². The molecule has 0 fully saturated rings. The van der Waals surface area contributed by atoms with Gasteiger partial charge >= 0.3 is 17.9 Å². The number of fused-ring (bicyclic) bond motifs is 3. The van der Waals surface area contributed by atoms with Gasteiger partial charge in [0, 0.05) is 70.9 Å². The molecule has 0 spiro atoms. The van der Waals surface area contributed by atoms with Gasteiger partial charge < -0.3 is 62.5 Å². The Morgan fingerprint density at radius 3 is 0.963 bits per heavy atom. The number of para-hydroxylation sites is 8. The highest BCUT2D eigenvalue weighted by Crippen LogP contribution is 2.14. The molecule has 3 heterocycles. The van der Waals surface area contributed by atoms with Crippen LogP contribution in [0.1, 0.15) is 99.4 Å². The number of nitrogens with two attached hydrogens (primary N) is 4. The minimum atomic E-state index is -0.833. The Bertz CT molecular complexity index is 2510. The number of nitrogens with one attached hydrogen (secondary N) is 6. The van der Waals surface area contributed by atoms with Crippen molar-refractivity contribution in [1.82, 2.24) is 35.2 Å². The number of esters is 3. The van der Waals surface area contributed by atoms with Crippen molar-refractivity contribution in [3.63, 3.8) is 0 Å². The predicted octanol–water partition coefficient (Wildman–Crippen LogP) is 9.82. The lowest BCUT2D eigenvalue weighted by Crippen LogP contribution is -2.18. The molecule has 3 amide bonds. The number of anilines is 5. The van der Waals surface area contributed by atoms with Crippen LogP contribution in [0.2, 0.25) is 0 Å². The van der Waals surface area contributed by atoms with Gasteiger partial charge in [0.25, 0.3) is 5.97 Å². The van der Waals surface area contributed by atoms with Crippen molar-refractivity contribution >= 4 is 120 Å². The number of carboxylic acid groups (broad SMARTS) is 1. The van der Waals surface area contributed by atoms with Gasteiger partial charge in [-0.2, -0.15) is 5.26 Å². The number of H-pyrrole nitrogens is 3. The molecular formula is C54H91BrN14O11. The van der Waals surface area contributed by atoms with Crippen molar-refractivity contribution in [3.05, 3.63) is 97.1 Å². The van der Waals surface area contributed by atoms with E-state index in [1.54, 1.807) is 17.1 Å². The fourth-order valence-corrected chi connectivity index (χ4v) is 4.09. The summed E-state index contributed by atoms with van der Waals surface area (Å²) in [6, 6.07) is 30.2. The van der Waals surface area contributed by atoms with Crippen molar-refractivity contribution in [2.75, 3.05) is 62.3 Å². The molecular weight excluding hydrogens is 1100 g/mol. The lowest BCUT2D eigenvalue weighted by Gasteiger charge is -1.94. The first-order chi connectivity index (χ1) is 35.3. The third kappa shape index (κ3) is 55.2. The molecule has 0 aliphatic rings. The molecule has 0 aliphatic carbocycles. The van der Waals surface area contributed by atoms with Crippen LogP contribution in [-0.4, -0.2) is 111 Å². The van der Waals surface area contributed by atoms with Crippen LogP contribution in [0.3, 0.4) is 0 Å². The van der Waals surface area contributed by atoms with Gasteiger partial charge in [0.15, 0.2) is 5.95 Å². The van der Waals surface area contributed by atoms with E-state index in [1.165, 1.54) is 62.9 Å². The average Bonchev–Trinajstić information content (AvgIpc) is 4.06. The van der Waals surface area contributed by atoms with Gasteiger partial charge in [0.2, 0.25) is 29.6 Å². The van der Waals surface area contributed by atoms with E-state index in [2.05, 4.69) is 76.0 Å². The number of methoxy groups -OCH3 is 3. The Labute approximate surface area is 480 Å². The lowest BCUT2D eigenvalue weighted by molar-refractivity contribution is -0.138. The van der Waals surface area contributed by atoms with Crippen molar-refractivity contribution < 1.29 is 52.9 Å². The van der Waals surface area contributed by atoms with Crippen LogP contribution in [0, 0.1) is 10.2 Å². The van der Waals surface area contributed by atoms with E-state index in [0.717, 1.165) is 53.1 Å². The highest BCUT2D eigenvalue weighted by Gasteiger charge is 2.03. The summed E-state index contributed by atoms with van der Waals surface area (Å²) in [5.74, 6) is -0.320. The fourth-order valence-electron chi connectivity index (χ4n) is 4.09. The number of ether oxygens (including phenoxy) is 3. The number of carbonyl (C=O) groups excluding carboxylic acids is 6. The maximum Gasteiger partial charge on any atom is 0.302 e. The number of nitrogen functional groups attached to an aromatic ring is 3. The van der Waals surface area contributed by atoms with Gasteiger partial charge in [-0.15, -0.1) is 0 Å². The second kappa shape index (κ2) is 57.6. The molecule has 4 aromatic carbocycles. The molecule has 26 heteroatoms. The number of hydrogen-bond acceptors (Lipinski definition) is 18. The van der Waals surface area contributed by atoms with Crippen molar-refractivity contribution in [3.8, 4) is 4.98 Å². The zero-order valence-electron chi connectivity index (χ0n) is 44.2. The number of nitrogens with zero attached hydrogens (tertiary/aromatic N) is 4. The molecule has 0 aliphatic heterocycles. The number of rotatable bonds is 3. The van der Waals surface area contributed by atoms with E-state index in [0.29, 0.717) is 29.2 Å². The number of halogens is 1. The van der Waals surface area contributed by atoms with Crippen LogP contribution in [0.5, 0.6) is 0 Å². The van der Waals surface area contributed by atoms with Crippen molar-refractivity contribution in [2.24, 2.45) is 5.73 Å². The van der Waals surface area contributed by atoms with E-state index in [-0.39, 0.29) is 72.8 Å². The standard InChI is InChI=1S/2C9H9N3O.C7H7N3.C6H8N2.C4H9NO.3C3H6O2.C2H7N.C2H4O2.CBrN.5CH4/c2*1-6(13)10-9-11-7-4-2-3-5-8(7)12-9;8-7-9-5-3-1-2-4-6(5)10-7;7-5-3-1-2-4-6(5)8;1-3-5-4(2)6;3*1-3(4)5-2;1-2-3;1-2(3)4;2-1-3;;;;;/h2*2-5H,1H3,(H2,10,11,12,13);1-4H,(H3,8,9,10);1-4H,7-8H2;3H2,1-2H3,(H,5,6);3*1-2H3;2-3H2,1H3;1H3,(H,3,4);;5*1H4. The molecule has 25 nitrogen and oxygen atoms in total. The highest BCUT2D eigenvalue weighted by atomic mass is 79.9. The number of aromatic amines is 3. The molecule has 0 radical (unpaired) electrons. The van der Waals surface area contributed by atoms with E-state index in [4.69, 9.17) is 38.1 Å². The number of aromatic nitrogens is 6. The summed E-state index contributed by atoms with van der Waals surface area (Å²) in [7, 11) is 4.05. The third-order valence-electron chi connectivity index (χ3n) is 7.06. The summed E-state index contributed by atoms with van der Waals surface area (Å²) in [6.07, 6.45) is 0. The lowest BCUT2D eigenvalue weighted by atomic mass is 10.3. The van der Waals surface area contributed by atoms with E-state index in [1.807, 2.05) is 98.8 Å². The number of nitriles is 1. The quantitative estimate of drug-likeness (QED) is 0.0445. The number of aliphatic carboxylic acids is 1. The zero-order valence-corrected chi connectivity index (χ0v) is 45.7. The third-order valence-corrected chi connectivity index (χ3v) is 7.06. The van der Waals surface area contributed by atoms with E-state index < -0.39 is 5.97 Å². The van der Waals surface area contributed by atoms with Gasteiger partial charge in [-0.1, -0.05) is 92.6 Å². The summed E-state index contributed by atoms with van der Waals surface area (Å²) >= 11 is 2.45. The minimum absolute atomic E-state index is 0. The van der Waals surface area contributed by atoms with Gasteiger partial charge in [-0.05, 0) is 62.0 Å². The Morgan fingerprint density at radius 2 is 0.775 bits per heavy atom. The largest absolute Gasteiger partial charge is 0.481 e. The monoisotopic (exact) mass is 1190 g/mol. The number of imidazole rings is 3. The first kappa shape index (κ1) is 90.4. The molecule has 7 rings (SSSR count). The summed E-state index contributed by atoms with van der Waals surface area (Å²) in [4.78, 5) is 92.0. The van der Waals surface area contributed by atoms with Crippen LogP contribution >= 0.6 is 15.9 Å². The molecule has 15 N–H and O–H groups in total. The first-order valence-corrected chi connectivity index (χ1v) is 22.6. The Morgan fingerprint density at radius 1 is 0.537 bits per heavy atom. The van der Waals surface area contributed by atoms with Crippen LogP contribution in [0.25, 0.3) is 33.1 Å². The highest BCUT2D eigenvalue weighted by molar-refractivity contribution is 9.12. The molecule has 450 valence electrons. The van der Waals surface area contributed by atoms with Crippen molar-refractivity contribution in [2.45, 2.75) is 99.4 Å². The molecule has 0 unspecified atom stereocenters. The zero-order chi connectivity index (χ0) is 58.3. The number of carbonyl (C=O) groups is 7. The Balaban J connectivity index is -0.000000102. The summed E-state index contributed by atoms with van der Waals surface area (Å²) in [6.45, 7) is 14.8. The number of benzene rings is 4. The number of carboxylic acids is 1. The summed E-state index contributed by atoms with van der Waals surface area (Å²) in [5, 5.41) is 22.4. The van der Waals surface area contributed by atoms with E-state index >= 15 is 0 Å². The molecule has 0 atom stereocenters. The fraction of sp³-hybridized carbons (Fsp3) is 0.352. The van der Waals surface area contributed by atoms with Crippen LogP contribution in [0.15, 0.2) is 97.1 Å². The smallest absolute Gasteiger partial charge is 0.302 e. The van der Waals surface area contributed by atoms with Gasteiger partial charge in [0.05, 0.1) is 65.8 Å². The molecule has 0 bridgehead atoms. The second-order valence-corrected chi connectivity index (χ2v) is 13.9. The van der Waals surface area contributed by atoms with E-state index in [9.17, 15) is 28.8 Å². The maximum atomic E-state index is 10.7. The van der Waals surface area contributed by atoms with Crippen molar-refractivity contribution in [1.29, 1.82) is 5.26 Å². The van der Waals surface area contributed by atoms with Crippen LogP contribution < -0.4 is 38.9 Å². The minimum Gasteiger partial charge on any atom is -0.481 e.